The number of hydrogen-bond donors (Lipinski definition) is 0. The lowest BCUT2D eigenvalue weighted by molar-refractivity contribution is 0.249. The predicted octanol–water partition coefficient (Wildman–Crippen LogP) is 3.61. The Labute approximate surface area is 170 Å². The van der Waals surface area contributed by atoms with E-state index >= 15 is 0 Å². The molecule has 1 aromatic heterocycles. The molecule has 29 heavy (non-hydrogen) atoms. The van der Waals surface area contributed by atoms with Crippen molar-refractivity contribution in [3.05, 3.63) is 69.6 Å². The molecule has 1 fully saturated rings. The number of aryl methyl sites for hydroxylation is 2. The van der Waals surface area contributed by atoms with Gasteiger partial charge in [0.05, 0.1) is 12.8 Å². The number of ether oxygens (including phenoxy) is 1. The molecule has 1 aliphatic carbocycles. The highest BCUT2D eigenvalue weighted by atomic mass is 16.5. The second kappa shape index (κ2) is 7.56. The Balaban J connectivity index is 1.35. The summed E-state index contributed by atoms with van der Waals surface area (Å²) in [4.78, 5) is 16.9. The molecule has 3 aromatic rings. The molecule has 0 N–H and O–H groups in total. The van der Waals surface area contributed by atoms with Crippen molar-refractivity contribution in [1.29, 1.82) is 0 Å². The van der Waals surface area contributed by atoms with Crippen LogP contribution in [0.3, 0.4) is 0 Å². The summed E-state index contributed by atoms with van der Waals surface area (Å²) in [5.74, 6) is 0.918. The number of hydrogen-bond acceptors (Lipinski definition) is 5. The van der Waals surface area contributed by atoms with Crippen molar-refractivity contribution in [3.63, 3.8) is 0 Å². The zero-order valence-corrected chi connectivity index (χ0v) is 16.8. The van der Waals surface area contributed by atoms with E-state index in [1.165, 1.54) is 17.5 Å². The van der Waals surface area contributed by atoms with Crippen molar-refractivity contribution < 1.29 is 9.15 Å². The van der Waals surface area contributed by atoms with Crippen molar-refractivity contribution in [2.24, 2.45) is 0 Å². The van der Waals surface area contributed by atoms with Gasteiger partial charge in [0.15, 0.2) is 0 Å². The first kappa shape index (κ1) is 18.3. The summed E-state index contributed by atoms with van der Waals surface area (Å²) in [7, 11) is 1.72. The summed E-state index contributed by atoms with van der Waals surface area (Å²) in [5, 5.41) is 1.09. The quantitative estimate of drug-likeness (QED) is 0.637. The summed E-state index contributed by atoms with van der Waals surface area (Å²) < 4.78 is 11.0. The van der Waals surface area contributed by atoms with Crippen LogP contribution in [-0.2, 0) is 19.4 Å². The molecule has 2 aliphatic rings. The van der Waals surface area contributed by atoms with E-state index in [9.17, 15) is 4.79 Å². The number of methoxy groups -OCH3 is 1. The molecule has 1 saturated heterocycles. The van der Waals surface area contributed by atoms with Gasteiger partial charge in [-0.3, -0.25) is 4.90 Å². The van der Waals surface area contributed by atoms with Gasteiger partial charge >= 0.3 is 5.63 Å². The Morgan fingerprint density at radius 2 is 1.76 bits per heavy atom. The van der Waals surface area contributed by atoms with E-state index in [1.54, 1.807) is 13.2 Å². The third-order valence-corrected chi connectivity index (χ3v) is 6.23. The maximum Gasteiger partial charge on any atom is 0.336 e. The second-order valence-electron chi connectivity index (χ2n) is 8.00. The van der Waals surface area contributed by atoms with Crippen LogP contribution in [0, 0.1) is 0 Å². The third kappa shape index (κ3) is 3.51. The molecule has 0 amide bonds. The molecule has 0 saturated carbocycles. The number of benzene rings is 2. The third-order valence-electron chi connectivity index (χ3n) is 6.23. The molecule has 2 heterocycles. The highest BCUT2D eigenvalue weighted by Crippen LogP contribution is 2.30. The number of para-hydroxylation sites is 2. The van der Waals surface area contributed by atoms with Crippen LogP contribution in [-0.4, -0.2) is 38.2 Å². The molecule has 1 aliphatic heterocycles. The van der Waals surface area contributed by atoms with Crippen LogP contribution >= 0.6 is 0 Å². The van der Waals surface area contributed by atoms with Gasteiger partial charge in [-0.05, 0) is 60.2 Å². The topological polar surface area (TPSA) is 45.9 Å². The maximum atomic E-state index is 12.1. The standard InChI is InChI=1S/C24H26N2O3/c1-28-22-8-3-2-7-21(22)26-11-9-25(10-12-26)16-19-15-24(27)29-23-14-18-6-4-5-17(18)13-20(19)23/h2-3,7-8,13-15H,4-6,9-12,16H2,1H3. The number of rotatable bonds is 4. The van der Waals surface area contributed by atoms with Crippen LogP contribution in [0.15, 0.2) is 51.7 Å². The molecule has 150 valence electrons. The molecule has 0 spiro atoms. The monoisotopic (exact) mass is 390 g/mol. The van der Waals surface area contributed by atoms with Crippen LogP contribution in [0.25, 0.3) is 11.0 Å². The smallest absolute Gasteiger partial charge is 0.336 e. The molecule has 5 heteroatoms. The SMILES string of the molecule is COc1ccccc1N1CCN(Cc2cc(=O)oc3cc4c(cc23)CCC4)CC1. The van der Waals surface area contributed by atoms with Crippen LogP contribution in [0.2, 0.25) is 0 Å². The Kier molecular flexibility index (Phi) is 4.76. The Morgan fingerprint density at radius 1 is 1.00 bits per heavy atom. The Bertz CT molecular complexity index is 1100. The number of nitrogens with zero attached hydrogens (tertiary/aromatic N) is 2. The minimum absolute atomic E-state index is 0.252. The molecule has 5 rings (SSSR count). The van der Waals surface area contributed by atoms with Crippen molar-refractivity contribution >= 4 is 16.7 Å². The zero-order chi connectivity index (χ0) is 19.8. The normalized spacial score (nSPS) is 16.9. The van der Waals surface area contributed by atoms with Crippen LogP contribution in [0.5, 0.6) is 5.75 Å². The average Bonchev–Trinajstić information content (AvgIpc) is 3.20. The molecule has 0 unspecified atom stereocenters. The largest absolute Gasteiger partial charge is 0.495 e. The molecule has 2 aromatic carbocycles. The second-order valence-corrected chi connectivity index (χ2v) is 8.00. The molecular weight excluding hydrogens is 364 g/mol. The highest BCUT2D eigenvalue weighted by molar-refractivity contribution is 5.82. The fourth-order valence-corrected chi connectivity index (χ4v) is 4.70. The van der Waals surface area contributed by atoms with Crippen molar-refractivity contribution in [2.45, 2.75) is 25.8 Å². The van der Waals surface area contributed by atoms with E-state index in [4.69, 9.17) is 9.15 Å². The van der Waals surface area contributed by atoms with Gasteiger partial charge in [0, 0.05) is 44.2 Å². The number of anilines is 1. The van der Waals surface area contributed by atoms with Gasteiger partial charge in [0.25, 0.3) is 0 Å². The van der Waals surface area contributed by atoms with Gasteiger partial charge in [-0.15, -0.1) is 0 Å². The van der Waals surface area contributed by atoms with Gasteiger partial charge in [0.1, 0.15) is 11.3 Å². The average molecular weight is 390 g/mol. The van der Waals surface area contributed by atoms with E-state index < -0.39 is 0 Å². The van der Waals surface area contributed by atoms with E-state index in [1.807, 2.05) is 12.1 Å². The molecule has 0 atom stereocenters. The minimum atomic E-state index is -0.252. The van der Waals surface area contributed by atoms with Gasteiger partial charge in [-0.25, -0.2) is 4.79 Å². The first-order chi connectivity index (χ1) is 14.2. The van der Waals surface area contributed by atoms with Gasteiger partial charge in [0.2, 0.25) is 0 Å². The van der Waals surface area contributed by atoms with Gasteiger partial charge in [-0.1, -0.05) is 12.1 Å². The van der Waals surface area contributed by atoms with Gasteiger partial charge in [-0.2, -0.15) is 0 Å². The molecule has 0 radical (unpaired) electrons. The summed E-state index contributed by atoms with van der Waals surface area (Å²) in [6, 6.07) is 14.2. The molecule has 0 bridgehead atoms. The number of fused-ring (bicyclic) bond motifs is 2. The predicted molar refractivity (Wildman–Crippen MR) is 115 cm³/mol. The van der Waals surface area contributed by atoms with Crippen molar-refractivity contribution in [3.8, 4) is 5.75 Å². The van der Waals surface area contributed by atoms with Crippen LogP contribution in [0.1, 0.15) is 23.1 Å². The zero-order valence-electron chi connectivity index (χ0n) is 16.8. The Morgan fingerprint density at radius 3 is 2.55 bits per heavy atom. The maximum absolute atomic E-state index is 12.1. The fraction of sp³-hybridized carbons (Fsp3) is 0.375. The van der Waals surface area contributed by atoms with E-state index in [2.05, 4.69) is 34.1 Å². The van der Waals surface area contributed by atoms with Crippen molar-refractivity contribution in [2.75, 3.05) is 38.2 Å². The molecule has 5 nitrogen and oxygen atoms in total. The van der Waals surface area contributed by atoms with Gasteiger partial charge < -0.3 is 14.1 Å². The van der Waals surface area contributed by atoms with Crippen LogP contribution < -0.4 is 15.3 Å². The lowest BCUT2D eigenvalue weighted by Crippen LogP contribution is -2.46. The first-order valence-corrected chi connectivity index (χ1v) is 10.4. The summed E-state index contributed by atoms with van der Waals surface area (Å²) in [6.45, 7) is 4.56. The minimum Gasteiger partial charge on any atom is -0.495 e. The van der Waals surface area contributed by atoms with Crippen LogP contribution in [0.4, 0.5) is 5.69 Å². The number of piperazine rings is 1. The van der Waals surface area contributed by atoms with E-state index in [-0.39, 0.29) is 5.63 Å². The van der Waals surface area contributed by atoms with E-state index in [0.717, 1.165) is 73.5 Å². The fourth-order valence-electron chi connectivity index (χ4n) is 4.70. The summed E-state index contributed by atoms with van der Waals surface area (Å²) in [6.07, 6.45) is 3.40. The lowest BCUT2D eigenvalue weighted by Gasteiger charge is -2.36. The lowest BCUT2D eigenvalue weighted by atomic mass is 10.0. The summed E-state index contributed by atoms with van der Waals surface area (Å²) >= 11 is 0. The first-order valence-electron chi connectivity index (χ1n) is 10.4. The highest BCUT2D eigenvalue weighted by Gasteiger charge is 2.21. The summed E-state index contributed by atoms with van der Waals surface area (Å²) in [5.41, 5.74) is 5.46. The van der Waals surface area contributed by atoms with Crippen molar-refractivity contribution in [1.82, 2.24) is 4.90 Å². The Hall–Kier alpha value is -2.79. The van der Waals surface area contributed by atoms with E-state index in [0.29, 0.717) is 0 Å². The molecular formula is C24H26N2O3.